The molecule has 46 heavy (non-hydrogen) atoms. The Kier molecular flexibility index (Phi) is 9.76. The van der Waals surface area contributed by atoms with Gasteiger partial charge in [0.25, 0.3) is 0 Å². The fourth-order valence-corrected chi connectivity index (χ4v) is 7.48. The molecule has 0 fully saturated rings. The Bertz CT molecular complexity index is 1590. The van der Waals surface area contributed by atoms with Gasteiger partial charge < -0.3 is 24.0 Å². The Morgan fingerprint density at radius 3 is 2.24 bits per heavy atom. The Balaban J connectivity index is 1.47. The zero-order valence-corrected chi connectivity index (χ0v) is 29.3. The summed E-state index contributed by atoms with van der Waals surface area (Å²) < 4.78 is 16.6. The molecular formula is C40H52N2O4. The van der Waals surface area contributed by atoms with Crippen molar-refractivity contribution in [2.75, 3.05) is 42.7 Å². The number of rotatable bonds is 10. The number of fused-ring (bicyclic) bond motifs is 2. The summed E-state index contributed by atoms with van der Waals surface area (Å²) in [5, 5.41) is 0. The van der Waals surface area contributed by atoms with E-state index in [9.17, 15) is 4.79 Å². The normalized spacial score (nSPS) is 21.5. The standard InChI is InChI=1S/C40H52N2O4/c1-10-41-33-19-13-27(4)25-31(33)39(6,7)35(41)21-17-29-15-16-30(37(29)45-23-24-46-38(43)44-12-3)18-22-36-40(8,9)32-26-28(5)14-20-34(32)42(36)11-2/h13-14,17-22,25-26,35H,10-12,15-16,23-24H2,1-9H3/b21-17+,30-18+,36-22+. The second-order valence-corrected chi connectivity index (χ2v) is 13.7. The number of anilines is 2. The van der Waals surface area contributed by atoms with E-state index in [1.807, 2.05) is 0 Å². The largest absolute Gasteiger partial charge is 0.508 e. The quantitative estimate of drug-likeness (QED) is 0.194. The van der Waals surface area contributed by atoms with E-state index in [4.69, 9.17) is 14.2 Å². The zero-order valence-electron chi connectivity index (χ0n) is 29.3. The highest BCUT2D eigenvalue weighted by atomic mass is 16.7. The van der Waals surface area contributed by atoms with E-state index in [1.54, 1.807) is 6.92 Å². The van der Waals surface area contributed by atoms with Gasteiger partial charge in [-0.25, -0.2) is 4.79 Å². The molecule has 3 aliphatic rings. The first-order valence-corrected chi connectivity index (χ1v) is 17.0. The molecule has 246 valence electrons. The van der Waals surface area contributed by atoms with E-state index in [0.717, 1.165) is 31.7 Å². The number of benzene rings is 2. The number of hydrogen-bond acceptors (Lipinski definition) is 6. The molecule has 0 radical (unpaired) electrons. The summed E-state index contributed by atoms with van der Waals surface area (Å²) in [4.78, 5) is 16.7. The molecule has 2 heterocycles. The van der Waals surface area contributed by atoms with Crippen molar-refractivity contribution in [3.8, 4) is 0 Å². The Hall–Kier alpha value is -3.93. The average molecular weight is 625 g/mol. The van der Waals surface area contributed by atoms with Gasteiger partial charge in [0.15, 0.2) is 0 Å². The molecule has 0 N–H and O–H groups in total. The second kappa shape index (κ2) is 13.4. The first kappa shape index (κ1) is 33.4. The minimum atomic E-state index is -0.664. The predicted octanol–water partition coefficient (Wildman–Crippen LogP) is 9.21. The highest BCUT2D eigenvalue weighted by Crippen LogP contribution is 2.49. The third kappa shape index (κ3) is 6.23. The van der Waals surface area contributed by atoms with Crippen LogP contribution < -0.4 is 9.80 Å². The van der Waals surface area contributed by atoms with Gasteiger partial charge in [-0.05, 0) is 87.9 Å². The molecule has 1 unspecified atom stereocenters. The molecule has 0 spiro atoms. The van der Waals surface area contributed by atoms with Crippen LogP contribution in [0.25, 0.3) is 0 Å². The van der Waals surface area contributed by atoms with Gasteiger partial charge in [-0.1, -0.05) is 81.3 Å². The van der Waals surface area contributed by atoms with E-state index in [1.165, 1.54) is 50.5 Å². The van der Waals surface area contributed by atoms with Crippen LogP contribution >= 0.6 is 0 Å². The first-order valence-electron chi connectivity index (χ1n) is 17.0. The molecule has 2 aliphatic heterocycles. The first-order chi connectivity index (χ1) is 21.9. The fourth-order valence-electron chi connectivity index (χ4n) is 7.48. The van der Waals surface area contributed by atoms with E-state index >= 15 is 0 Å². The summed E-state index contributed by atoms with van der Waals surface area (Å²) in [7, 11) is 0. The number of hydrogen-bond donors (Lipinski definition) is 0. The summed E-state index contributed by atoms with van der Waals surface area (Å²) >= 11 is 0. The molecule has 1 aliphatic carbocycles. The number of aryl methyl sites for hydroxylation is 2. The molecular weight excluding hydrogens is 572 g/mol. The molecule has 5 rings (SSSR count). The van der Waals surface area contributed by atoms with Crippen molar-refractivity contribution >= 4 is 17.5 Å². The van der Waals surface area contributed by atoms with Crippen molar-refractivity contribution in [2.24, 2.45) is 0 Å². The summed E-state index contributed by atoms with van der Waals surface area (Å²) in [5.41, 5.74) is 11.4. The fraction of sp³-hybridized carbons (Fsp3) is 0.475. The molecule has 0 saturated heterocycles. The van der Waals surface area contributed by atoms with Crippen LogP contribution in [0.15, 0.2) is 83.3 Å². The van der Waals surface area contributed by atoms with Gasteiger partial charge in [-0.2, -0.15) is 0 Å². The third-order valence-electron chi connectivity index (χ3n) is 9.92. The van der Waals surface area contributed by atoms with Crippen LogP contribution in [0.5, 0.6) is 0 Å². The van der Waals surface area contributed by atoms with Gasteiger partial charge in [0.05, 0.1) is 12.6 Å². The Morgan fingerprint density at radius 2 is 1.57 bits per heavy atom. The molecule has 6 nitrogen and oxygen atoms in total. The third-order valence-corrected chi connectivity index (χ3v) is 9.92. The lowest BCUT2D eigenvalue weighted by Gasteiger charge is -2.31. The number of allylic oxidation sites excluding steroid dienone is 6. The number of ether oxygens (including phenoxy) is 3. The lowest BCUT2D eigenvalue weighted by atomic mass is 9.79. The lowest BCUT2D eigenvalue weighted by Crippen LogP contribution is -2.39. The molecule has 2 aromatic carbocycles. The van der Waals surface area contributed by atoms with Crippen molar-refractivity contribution in [3.63, 3.8) is 0 Å². The molecule has 0 bridgehead atoms. The van der Waals surface area contributed by atoms with Crippen LogP contribution in [0.1, 0.15) is 83.6 Å². The van der Waals surface area contributed by atoms with Crippen LogP contribution in [-0.2, 0) is 25.0 Å². The van der Waals surface area contributed by atoms with E-state index in [-0.39, 0.29) is 36.7 Å². The van der Waals surface area contributed by atoms with Gasteiger partial charge in [-0.15, -0.1) is 0 Å². The smallest absolute Gasteiger partial charge is 0.489 e. The van der Waals surface area contributed by atoms with Gasteiger partial charge in [0.2, 0.25) is 0 Å². The van der Waals surface area contributed by atoms with Crippen molar-refractivity contribution in [1.82, 2.24) is 0 Å². The van der Waals surface area contributed by atoms with Gasteiger partial charge in [-0.3, -0.25) is 0 Å². The minimum Gasteiger partial charge on any atom is -0.489 e. The Labute approximate surface area is 276 Å². The number of carbonyl (C=O) groups is 1. The second-order valence-electron chi connectivity index (χ2n) is 13.7. The highest BCUT2D eigenvalue weighted by Gasteiger charge is 2.43. The maximum atomic E-state index is 11.8. The molecule has 0 amide bonds. The average Bonchev–Trinajstić information content (AvgIpc) is 3.57. The van der Waals surface area contributed by atoms with Crippen molar-refractivity contribution in [1.29, 1.82) is 0 Å². The van der Waals surface area contributed by atoms with Crippen LogP contribution in [0, 0.1) is 13.8 Å². The number of likely N-dealkylation sites (N-methyl/N-ethyl adjacent to an activating group) is 2. The maximum absolute atomic E-state index is 11.8. The van der Waals surface area contributed by atoms with Gasteiger partial charge >= 0.3 is 6.16 Å². The van der Waals surface area contributed by atoms with Crippen LogP contribution in [0.4, 0.5) is 16.2 Å². The summed E-state index contributed by atoms with van der Waals surface area (Å²) in [5.74, 6) is 0.889. The lowest BCUT2D eigenvalue weighted by molar-refractivity contribution is 0.0421. The SMILES string of the molecule is CCOC(=O)OCCOC1=C(/C=C/C2N(CC)c3ccc(C)cc3C2(C)C)CC/C1=C\C=C1\N(CC)c2ccc(C)cc2C1(C)C. The van der Waals surface area contributed by atoms with E-state index in [0.29, 0.717) is 0 Å². The van der Waals surface area contributed by atoms with Crippen molar-refractivity contribution < 1.29 is 19.0 Å². The van der Waals surface area contributed by atoms with Crippen molar-refractivity contribution in [3.05, 3.63) is 106 Å². The number of nitrogens with zero attached hydrogens (tertiary/aromatic N) is 2. The van der Waals surface area contributed by atoms with E-state index in [2.05, 4.69) is 126 Å². The monoisotopic (exact) mass is 624 g/mol. The van der Waals surface area contributed by atoms with Crippen LogP contribution in [0.3, 0.4) is 0 Å². The van der Waals surface area contributed by atoms with Gasteiger partial charge in [0.1, 0.15) is 19.0 Å². The number of carbonyl (C=O) groups excluding carboxylic acids is 1. The molecule has 0 saturated carbocycles. The summed E-state index contributed by atoms with van der Waals surface area (Å²) in [6.07, 6.45) is 10.3. The maximum Gasteiger partial charge on any atom is 0.508 e. The summed E-state index contributed by atoms with van der Waals surface area (Å²) in [6.45, 7) is 22.4. The highest BCUT2D eigenvalue weighted by molar-refractivity contribution is 5.71. The molecule has 1 atom stereocenters. The van der Waals surface area contributed by atoms with E-state index < -0.39 is 6.16 Å². The predicted molar refractivity (Wildman–Crippen MR) is 189 cm³/mol. The minimum absolute atomic E-state index is 0.0321. The molecule has 2 aromatic rings. The van der Waals surface area contributed by atoms with Gasteiger partial charge in [0, 0.05) is 41.0 Å². The Morgan fingerprint density at radius 1 is 0.870 bits per heavy atom. The molecule has 6 heteroatoms. The zero-order chi connectivity index (χ0) is 33.2. The summed E-state index contributed by atoms with van der Waals surface area (Å²) in [6, 6.07) is 13.8. The molecule has 0 aromatic heterocycles. The topological polar surface area (TPSA) is 51.2 Å². The van der Waals surface area contributed by atoms with Crippen LogP contribution in [-0.4, -0.2) is 45.1 Å². The van der Waals surface area contributed by atoms with Crippen LogP contribution in [0.2, 0.25) is 0 Å². The van der Waals surface area contributed by atoms with Crippen molar-refractivity contribution in [2.45, 2.75) is 92.0 Å².